The molecule has 7 heteroatoms. The Morgan fingerprint density at radius 3 is 3.05 bits per heavy atom. The van der Waals surface area contributed by atoms with E-state index in [2.05, 4.69) is 39.4 Å². The van der Waals surface area contributed by atoms with Gasteiger partial charge in [-0.1, -0.05) is 5.16 Å². The van der Waals surface area contributed by atoms with Crippen LogP contribution in [0.5, 0.6) is 0 Å². The zero-order valence-corrected chi connectivity index (χ0v) is 12.2. The van der Waals surface area contributed by atoms with Gasteiger partial charge in [0, 0.05) is 45.2 Å². The topological polar surface area (TPSA) is 66.7 Å². The lowest BCUT2D eigenvalue weighted by Crippen LogP contribution is -2.50. The molecule has 2 atom stereocenters. The van der Waals surface area contributed by atoms with Gasteiger partial charge in [0.15, 0.2) is 5.82 Å². The van der Waals surface area contributed by atoms with Crippen LogP contribution in [-0.2, 0) is 11.2 Å². The molecule has 0 radical (unpaired) electrons. The van der Waals surface area contributed by atoms with Crippen LogP contribution in [0.25, 0.3) is 0 Å². The van der Waals surface area contributed by atoms with Crippen LogP contribution in [0.2, 0.25) is 0 Å². The van der Waals surface area contributed by atoms with Gasteiger partial charge in [0.25, 0.3) is 5.89 Å². The maximum absolute atomic E-state index is 5.63. The molecule has 7 nitrogen and oxygen atoms in total. The van der Waals surface area contributed by atoms with E-state index in [-0.39, 0.29) is 6.10 Å². The van der Waals surface area contributed by atoms with Gasteiger partial charge in [0.2, 0.25) is 0 Å². The molecule has 0 saturated carbocycles. The van der Waals surface area contributed by atoms with E-state index in [4.69, 9.17) is 9.26 Å². The van der Waals surface area contributed by atoms with Gasteiger partial charge in [-0.25, -0.2) is 0 Å². The molecule has 0 amide bonds. The third-order valence-electron chi connectivity index (χ3n) is 4.09. The highest BCUT2D eigenvalue weighted by atomic mass is 16.5. The molecule has 112 valence electrons. The zero-order chi connectivity index (χ0) is 13.9. The maximum Gasteiger partial charge on any atom is 0.257 e. The van der Waals surface area contributed by atoms with Crippen molar-refractivity contribution in [2.75, 3.05) is 53.4 Å². The Morgan fingerprint density at radius 2 is 2.25 bits per heavy atom. The first-order valence-electron chi connectivity index (χ1n) is 7.26. The molecular weight excluding hydrogens is 258 g/mol. The molecule has 1 N–H and O–H groups in total. The first kappa shape index (κ1) is 13.9. The Labute approximate surface area is 119 Å². The number of aromatic nitrogens is 2. The molecule has 2 saturated heterocycles. The molecule has 0 spiro atoms. The van der Waals surface area contributed by atoms with Gasteiger partial charge in [-0.15, -0.1) is 0 Å². The van der Waals surface area contributed by atoms with E-state index < -0.39 is 0 Å². The monoisotopic (exact) mass is 281 g/mol. The van der Waals surface area contributed by atoms with E-state index in [1.165, 1.54) is 0 Å². The number of likely N-dealkylation sites (N-methyl/N-ethyl adjacent to an activating group) is 2. The molecule has 2 fully saturated rings. The highest BCUT2D eigenvalue weighted by molar-refractivity contribution is 4.96. The normalized spacial score (nSPS) is 29.7. The average molecular weight is 281 g/mol. The summed E-state index contributed by atoms with van der Waals surface area (Å²) in [7, 11) is 4.32. The Bertz CT molecular complexity index is 432. The summed E-state index contributed by atoms with van der Waals surface area (Å²) >= 11 is 0. The molecule has 3 heterocycles. The number of hydrogen-bond acceptors (Lipinski definition) is 7. The van der Waals surface area contributed by atoms with Crippen LogP contribution in [0.1, 0.15) is 17.8 Å². The lowest BCUT2D eigenvalue weighted by Gasteiger charge is -2.37. The smallest absolute Gasteiger partial charge is 0.257 e. The molecule has 2 aliphatic rings. The minimum Gasteiger partial charge on any atom is -0.366 e. The van der Waals surface area contributed by atoms with E-state index in [1.807, 2.05) is 0 Å². The Morgan fingerprint density at radius 1 is 1.35 bits per heavy atom. The van der Waals surface area contributed by atoms with Gasteiger partial charge in [-0.05, 0) is 14.1 Å². The summed E-state index contributed by atoms with van der Waals surface area (Å²) in [5, 5.41) is 7.38. The standard InChI is InChI=1S/C13H23N5O2/c1-17-4-5-18(2)10(9-17)7-12-15-13(20-16-12)11-8-14-3-6-19-11/h10-11,14H,3-9H2,1-2H3. The molecule has 3 rings (SSSR count). The minimum atomic E-state index is -0.100. The minimum absolute atomic E-state index is 0.100. The van der Waals surface area contributed by atoms with Crippen LogP contribution in [-0.4, -0.2) is 79.4 Å². The van der Waals surface area contributed by atoms with Crippen molar-refractivity contribution >= 4 is 0 Å². The van der Waals surface area contributed by atoms with Crippen molar-refractivity contribution in [3.05, 3.63) is 11.7 Å². The summed E-state index contributed by atoms with van der Waals surface area (Å²) in [5.74, 6) is 1.38. The number of morpholine rings is 1. The molecule has 1 aromatic rings. The molecular formula is C13H23N5O2. The van der Waals surface area contributed by atoms with Crippen molar-refractivity contribution in [1.29, 1.82) is 0 Å². The van der Waals surface area contributed by atoms with E-state index in [0.717, 1.165) is 45.0 Å². The largest absolute Gasteiger partial charge is 0.366 e. The van der Waals surface area contributed by atoms with Gasteiger partial charge in [-0.3, -0.25) is 0 Å². The first-order chi connectivity index (χ1) is 9.72. The second-order valence-electron chi connectivity index (χ2n) is 5.71. The van der Waals surface area contributed by atoms with Crippen molar-refractivity contribution in [3.8, 4) is 0 Å². The average Bonchev–Trinajstić information content (AvgIpc) is 2.92. The first-order valence-corrected chi connectivity index (χ1v) is 7.26. The number of piperazine rings is 1. The molecule has 0 aromatic carbocycles. The Kier molecular flexibility index (Phi) is 4.30. The predicted molar refractivity (Wildman–Crippen MR) is 73.5 cm³/mol. The molecule has 2 unspecified atom stereocenters. The lowest BCUT2D eigenvalue weighted by molar-refractivity contribution is 0.00755. The van der Waals surface area contributed by atoms with Gasteiger partial charge in [0.05, 0.1) is 6.61 Å². The maximum atomic E-state index is 5.63. The summed E-state index contributed by atoms with van der Waals surface area (Å²) in [5.41, 5.74) is 0. The highest BCUT2D eigenvalue weighted by Crippen LogP contribution is 2.18. The molecule has 0 aliphatic carbocycles. The van der Waals surface area contributed by atoms with E-state index in [9.17, 15) is 0 Å². The number of nitrogens with one attached hydrogen (secondary N) is 1. The highest BCUT2D eigenvalue weighted by Gasteiger charge is 2.26. The fourth-order valence-corrected chi connectivity index (χ4v) is 2.74. The summed E-state index contributed by atoms with van der Waals surface area (Å²) in [6, 6.07) is 0.449. The van der Waals surface area contributed by atoms with Crippen LogP contribution >= 0.6 is 0 Å². The van der Waals surface area contributed by atoms with Crippen molar-refractivity contribution in [3.63, 3.8) is 0 Å². The number of nitrogens with zero attached hydrogens (tertiary/aromatic N) is 4. The quantitative estimate of drug-likeness (QED) is 0.802. The van der Waals surface area contributed by atoms with Crippen molar-refractivity contribution in [2.45, 2.75) is 18.6 Å². The predicted octanol–water partition coefficient (Wildman–Crippen LogP) is -0.481. The second kappa shape index (κ2) is 6.17. The summed E-state index contributed by atoms with van der Waals surface area (Å²) in [4.78, 5) is 9.22. The van der Waals surface area contributed by atoms with Crippen LogP contribution in [0, 0.1) is 0 Å². The van der Waals surface area contributed by atoms with Gasteiger partial charge < -0.3 is 24.4 Å². The second-order valence-corrected chi connectivity index (χ2v) is 5.71. The van der Waals surface area contributed by atoms with E-state index in [1.54, 1.807) is 0 Å². The van der Waals surface area contributed by atoms with Crippen LogP contribution in [0.4, 0.5) is 0 Å². The van der Waals surface area contributed by atoms with Gasteiger partial charge >= 0.3 is 0 Å². The summed E-state index contributed by atoms with van der Waals surface area (Å²) in [6.45, 7) is 5.57. The van der Waals surface area contributed by atoms with Gasteiger partial charge in [-0.2, -0.15) is 4.98 Å². The fraction of sp³-hybridized carbons (Fsp3) is 0.846. The lowest BCUT2D eigenvalue weighted by atomic mass is 10.1. The third kappa shape index (κ3) is 3.17. The summed E-state index contributed by atoms with van der Waals surface area (Å²) < 4.78 is 11.0. The Hall–Kier alpha value is -1.02. The third-order valence-corrected chi connectivity index (χ3v) is 4.09. The van der Waals surface area contributed by atoms with Gasteiger partial charge in [0.1, 0.15) is 6.10 Å². The molecule has 20 heavy (non-hydrogen) atoms. The van der Waals surface area contributed by atoms with Crippen molar-refractivity contribution in [1.82, 2.24) is 25.3 Å². The summed E-state index contributed by atoms with van der Waals surface area (Å²) in [6.07, 6.45) is 0.724. The van der Waals surface area contributed by atoms with Crippen LogP contribution < -0.4 is 5.32 Å². The Balaban J connectivity index is 1.61. The van der Waals surface area contributed by atoms with Crippen molar-refractivity contribution < 1.29 is 9.26 Å². The van der Waals surface area contributed by atoms with E-state index in [0.29, 0.717) is 18.5 Å². The fourth-order valence-electron chi connectivity index (χ4n) is 2.74. The van der Waals surface area contributed by atoms with Crippen LogP contribution in [0.15, 0.2) is 4.52 Å². The number of rotatable bonds is 3. The van der Waals surface area contributed by atoms with Crippen molar-refractivity contribution in [2.24, 2.45) is 0 Å². The van der Waals surface area contributed by atoms with E-state index >= 15 is 0 Å². The number of hydrogen-bond donors (Lipinski definition) is 1. The SMILES string of the molecule is CN1CCN(C)C(Cc2noc(C3CNCCO3)n2)C1. The van der Waals surface area contributed by atoms with Crippen LogP contribution in [0.3, 0.4) is 0 Å². The zero-order valence-electron chi connectivity index (χ0n) is 12.2. The number of ether oxygens (including phenoxy) is 1. The molecule has 2 aliphatic heterocycles. The molecule has 0 bridgehead atoms. The molecule has 1 aromatic heterocycles.